The average molecular weight is 267 g/mol. The van der Waals surface area contributed by atoms with E-state index in [2.05, 4.69) is 10.5 Å². The highest BCUT2D eigenvalue weighted by Crippen LogP contribution is 2.13. The van der Waals surface area contributed by atoms with Crippen LogP contribution in [0.1, 0.15) is 33.0 Å². The van der Waals surface area contributed by atoms with Crippen LogP contribution in [0.2, 0.25) is 0 Å². The molecule has 0 bridgehead atoms. The molecule has 0 radical (unpaired) electrons. The zero-order chi connectivity index (χ0) is 14.5. The number of aryl methyl sites for hydroxylation is 2. The quantitative estimate of drug-likeness (QED) is 0.685. The van der Waals surface area contributed by atoms with Crippen LogP contribution in [0.25, 0.3) is 0 Å². The first-order chi connectivity index (χ1) is 9.60. The van der Waals surface area contributed by atoms with Crippen molar-refractivity contribution in [2.45, 2.75) is 13.8 Å². The Hall–Kier alpha value is -2.87. The van der Waals surface area contributed by atoms with Crippen molar-refractivity contribution < 1.29 is 9.21 Å². The lowest BCUT2D eigenvalue weighted by Gasteiger charge is -1.97. The van der Waals surface area contributed by atoms with Gasteiger partial charge in [-0.2, -0.15) is 10.4 Å². The summed E-state index contributed by atoms with van der Waals surface area (Å²) in [4.78, 5) is 11.8. The van der Waals surface area contributed by atoms with Gasteiger partial charge in [0.25, 0.3) is 5.91 Å². The van der Waals surface area contributed by atoms with E-state index in [-0.39, 0.29) is 5.91 Å². The van der Waals surface area contributed by atoms with Crippen molar-refractivity contribution in [1.82, 2.24) is 5.43 Å². The normalized spacial score (nSPS) is 10.4. The minimum Gasteiger partial charge on any atom is -0.466 e. The van der Waals surface area contributed by atoms with Gasteiger partial charge >= 0.3 is 0 Å². The van der Waals surface area contributed by atoms with E-state index < -0.39 is 0 Å². The summed E-state index contributed by atoms with van der Waals surface area (Å²) in [6.45, 7) is 3.51. The summed E-state index contributed by atoms with van der Waals surface area (Å²) in [5.41, 5.74) is 4.28. The number of hydrogen-bond acceptors (Lipinski definition) is 4. The van der Waals surface area contributed by atoms with Crippen molar-refractivity contribution >= 4 is 12.1 Å². The predicted octanol–water partition coefficient (Wildman–Crippen LogP) is 2.53. The van der Waals surface area contributed by atoms with Crippen LogP contribution in [0, 0.1) is 25.2 Å². The third kappa shape index (κ3) is 3.12. The second-order valence-corrected chi connectivity index (χ2v) is 4.26. The molecule has 2 aromatic rings. The highest BCUT2D eigenvalue weighted by Gasteiger charge is 2.12. The Labute approximate surface area is 116 Å². The van der Waals surface area contributed by atoms with Crippen molar-refractivity contribution in [3.8, 4) is 6.07 Å². The maximum Gasteiger partial charge on any atom is 0.274 e. The molecule has 1 aromatic heterocycles. The van der Waals surface area contributed by atoms with Gasteiger partial charge < -0.3 is 4.42 Å². The summed E-state index contributed by atoms with van der Waals surface area (Å²) in [6, 6.07) is 10.6. The minimum absolute atomic E-state index is 0.316. The first kappa shape index (κ1) is 13.6. The molecule has 0 saturated heterocycles. The fourth-order valence-electron chi connectivity index (χ4n) is 1.73. The third-order valence-electron chi connectivity index (χ3n) is 2.71. The second kappa shape index (κ2) is 5.85. The van der Waals surface area contributed by atoms with E-state index in [1.165, 1.54) is 6.21 Å². The standard InChI is InChI=1S/C15H13N3O2/c1-10-7-14(11(2)20-10)15(19)18-17-9-13-5-3-12(8-16)4-6-13/h3-7,9H,1-2H3,(H,18,19)/b17-9+. The second-order valence-electron chi connectivity index (χ2n) is 4.26. The Morgan fingerprint density at radius 1 is 1.35 bits per heavy atom. The van der Waals surface area contributed by atoms with Crippen molar-refractivity contribution in [3.05, 3.63) is 58.5 Å². The van der Waals surface area contributed by atoms with Gasteiger partial charge in [-0.1, -0.05) is 12.1 Å². The van der Waals surface area contributed by atoms with E-state index in [1.54, 1.807) is 44.2 Å². The minimum atomic E-state index is -0.316. The molecule has 0 unspecified atom stereocenters. The molecule has 1 N–H and O–H groups in total. The lowest BCUT2D eigenvalue weighted by atomic mass is 10.2. The fourth-order valence-corrected chi connectivity index (χ4v) is 1.73. The highest BCUT2D eigenvalue weighted by molar-refractivity contribution is 5.95. The zero-order valence-electron chi connectivity index (χ0n) is 11.2. The van der Waals surface area contributed by atoms with Gasteiger partial charge in [-0.15, -0.1) is 0 Å². The third-order valence-corrected chi connectivity index (χ3v) is 2.71. The largest absolute Gasteiger partial charge is 0.466 e. The van der Waals surface area contributed by atoms with Gasteiger partial charge in [0.1, 0.15) is 11.5 Å². The van der Waals surface area contributed by atoms with Gasteiger partial charge in [0.15, 0.2) is 0 Å². The van der Waals surface area contributed by atoms with Crippen LogP contribution in [-0.2, 0) is 0 Å². The number of hydrazone groups is 1. The molecule has 0 aliphatic carbocycles. The number of nitriles is 1. The number of nitrogens with one attached hydrogen (secondary N) is 1. The van der Waals surface area contributed by atoms with Crippen LogP contribution in [0.4, 0.5) is 0 Å². The zero-order valence-corrected chi connectivity index (χ0v) is 11.2. The van der Waals surface area contributed by atoms with Gasteiger partial charge in [-0.25, -0.2) is 5.43 Å². The Morgan fingerprint density at radius 2 is 2.05 bits per heavy atom. The summed E-state index contributed by atoms with van der Waals surface area (Å²) >= 11 is 0. The topological polar surface area (TPSA) is 78.4 Å². The van der Waals surface area contributed by atoms with Gasteiger partial charge in [-0.3, -0.25) is 4.79 Å². The number of furan rings is 1. The molecular weight excluding hydrogens is 254 g/mol. The summed E-state index contributed by atoms with van der Waals surface area (Å²) in [5.74, 6) is 0.932. The van der Waals surface area contributed by atoms with Crippen molar-refractivity contribution in [1.29, 1.82) is 5.26 Å². The number of benzene rings is 1. The number of carbonyl (C=O) groups excluding carboxylic acids is 1. The van der Waals surface area contributed by atoms with E-state index in [0.29, 0.717) is 22.6 Å². The number of carbonyl (C=O) groups is 1. The van der Waals surface area contributed by atoms with E-state index in [9.17, 15) is 4.79 Å². The molecular formula is C15H13N3O2. The Kier molecular flexibility index (Phi) is 3.96. The maximum atomic E-state index is 11.8. The fraction of sp³-hybridized carbons (Fsp3) is 0.133. The van der Waals surface area contributed by atoms with Gasteiger partial charge in [0.05, 0.1) is 23.4 Å². The molecule has 2 rings (SSSR count). The van der Waals surface area contributed by atoms with Crippen LogP contribution in [0.5, 0.6) is 0 Å². The summed E-state index contributed by atoms with van der Waals surface area (Å²) in [6.07, 6.45) is 1.52. The smallest absolute Gasteiger partial charge is 0.274 e. The van der Waals surface area contributed by atoms with Gasteiger partial charge in [0, 0.05) is 0 Å². The van der Waals surface area contributed by atoms with E-state index in [4.69, 9.17) is 9.68 Å². The molecule has 1 aromatic carbocycles. The predicted molar refractivity (Wildman–Crippen MR) is 74.4 cm³/mol. The van der Waals surface area contributed by atoms with E-state index >= 15 is 0 Å². The molecule has 0 aliphatic rings. The Bertz CT molecular complexity index is 691. The van der Waals surface area contributed by atoms with Crippen LogP contribution < -0.4 is 5.43 Å². The molecule has 5 nitrogen and oxygen atoms in total. The van der Waals surface area contributed by atoms with Crippen LogP contribution in [0.15, 0.2) is 39.9 Å². The Balaban J connectivity index is 2.01. The summed E-state index contributed by atoms with van der Waals surface area (Å²) in [7, 11) is 0. The maximum absolute atomic E-state index is 11.8. The SMILES string of the molecule is Cc1cc(C(=O)N/N=C/c2ccc(C#N)cc2)c(C)o1. The lowest BCUT2D eigenvalue weighted by molar-refractivity contribution is 0.0953. The molecule has 0 atom stereocenters. The van der Waals surface area contributed by atoms with Crippen molar-refractivity contribution in [2.24, 2.45) is 5.10 Å². The lowest BCUT2D eigenvalue weighted by Crippen LogP contribution is -2.17. The molecule has 1 amide bonds. The first-order valence-electron chi connectivity index (χ1n) is 6.01. The molecule has 0 saturated carbocycles. The molecule has 0 spiro atoms. The van der Waals surface area contributed by atoms with Crippen LogP contribution >= 0.6 is 0 Å². The molecule has 5 heteroatoms. The number of nitrogens with zero attached hydrogens (tertiary/aromatic N) is 2. The summed E-state index contributed by atoms with van der Waals surface area (Å²) < 4.78 is 5.28. The molecule has 0 aliphatic heterocycles. The van der Waals surface area contributed by atoms with Gasteiger partial charge in [0.2, 0.25) is 0 Å². The van der Waals surface area contributed by atoms with E-state index in [1.807, 2.05) is 6.07 Å². The summed E-state index contributed by atoms with van der Waals surface area (Å²) in [5, 5.41) is 12.6. The molecule has 1 heterocycles. The van der Waals surface area contributed by atoms with Crippen LogP contribution in [-0.4, -0.2) is 12.1 Å². The monoisotopic (exact) mass is 267 g/mol. The molecule has 100 valence electrons. The number of rotatable bonds is 3. The number of hydrogen-bond donors (Lipinski definition) is 1. The number of amides is 1. The molecule has 20 heavy (non-hydrogen) atoms. The molecule has 0 fully saturated rings. The first-order valence-corrected chi connectivity index (χ1v) is 6.01. The van der Waals surface area contributed by atoms with Crippen molar-refractivity contribution in [3.63, 3.8) is 0 Å². The Morgan fingerprint density at radius 3 is 2.60 bits per heavy atom. The van der Waals surface area contributed by atoms with Gasteiger partial charge in [-0.05, 0) is 37.6 Å². The van der Waals surface area contributed by atoms with E-state index in [0.717, 1.165) is 5.56 Å². The highest BCUT2D eigenvalue weighted by atomic mass is 16.3. The van der Waals surface area contributed by atoms with Crippen molar-refractivity contribution in [2.75, 3.05) is 0 Å². The average Bonchev–Trinajstić information content (AvgIpc) is 2.78. The van der Waals surface area contributed by atoms with Crippen LogP contribution in [0.3, 0.4) is 0 Å².